The summed E-state index contributed by atoms with van der Waals surface area (Å²) in [6.45, 7) is 3.91. The van der Waals surface area contributed by atoms with E-state index in [1.54, 1.807) is 47.4 Å². The van der Waals surface area contributed by atoms with Crippen molar-refractivity contribution in [3.8, 4) is 0 Å². The highest BCUT2D eigenvalue weighted by Crippen LogP contribution is 2.35. The second-order valence-corrected chi connectivity index (χ2v) is 10.5. The summed E-state index contributed by atoms with van der Waals surface area (Å²) in [5.74, 6) is -3.90. The van der Waals surface area contributed by atoms with Gasteiger partial charge in [0.1, 0.15) is 11.5 Å². The molecule has 0 radical (unpaired) electrons. The Morgan fingerprint density at radius 1 is 1.14 bits per heavy atom. The van der Waals surface area contributed by atoms with Gasteiger partial charge < -0.3 is 10.6 Å². The summed E-state index contributed by atoms with van der Waals surface area (Å²) in [4.78, 5) is 30.4. The van der Waals surface area contributed by atoms with E-state index in [4.69, 9.17) is 4.98 Å². The van der Waals surface area contributed by atoms with Crippen LogP contribution in [-0.2, 0) is 17.8 Å². The SMILES string of the molecule is CC[C@@H](c1ccc(F)cc1)[C@H](NC(=O)c1ccnn1CC)c1cn2nc(C[C@H]3C[C@@H](C(F)(F)F)CNC3=O)ccc2n1. The second kappa shape index (κ2) is 11.9. The van der Waals surface area contributed by atoms with Crippen molar-refractivity contribution < 1.29 is 27.2 Å². The fourth-order valence-corrected chi connectivity index (χ4v) is 5.53. The second-order valence-electron chi connectivity index (χ2n) is 10.5. The molecule has 5 rings (SSSR count). The highest BCUT2D eigenvalue weighted by Gasteiger charge is 2.44. The van der Waals surface area contributed by atoms with E-state index in [2.05, 4.69) is 20.8 Å². The van der Waals surface area contributed by atoms with Gasteiger partial charge in [-0.05, 0) is 55.7 Å². The standard InChI is InChI=1S/C29H31F4N7O2/c1-3-22(17-5-7-20(30)8-6-17)26(37-28(42)24-11-12-35-39(24)4-2)23-16-40-25(36-23)10-9-21(38-40)14-18-13-19(29(31,32)33)15-34-27(18)41/h5-12,16,18-19,22,26H,3-4,13-15H2,1-2H3,(H,34,41)(H,37,42)/t18-,19-,22+,26+/m1/s1. The third kappa shape index (κ3) is 6.14. The molecule has 1 fully saturated rings. The molecule has 0 spiro atoms. The molecule has 4 heterocycles. The van der Waals surface area contributed by atoms with Crippen LogP contribution in [0.4, 0.5) is 17.6 Å². The number of hydrogen-bond donors (Lipinski definition) is 2. The minimum Gasteiger partial charge on any atom is -0.355 e. The minimum atomic E-state index is -4.39. The lowest BCUT2D eigenvalue weighted by Crippen LogP contribution is -2.47. The van der Waals surface area contributed by atoms with Gasteiger partial charge in [-0.3, -0.25) is 14.3 Å². The van der Waals surface area contributed by atoms with Crippen LogP contribution in [-0.4, -0.2) is 48.9 Å². The van der Waals surface area contributed by atoms with Gasteiger partial charge in [-0.1, -0.05) is 19.1 Å². The van der Waals surface area contributed by atoms with E-state index >= 15 is 0 Å². The molecule has 9 nitrogen and oxygen atoms in total. The van der Waals surface area contributed by atoms with Crippen molar-refractivity contribution in [2.45, 2.75) is 57.8 Å². The quantitative estimate of drug-likeness (QED) is 0.279. The minimum absolute atomic E-state index is 0.0379. The molecule has 1 saturated heterocycles. The Kier molecular flexibility index (Phi) is 8.28. The molecule has 222 valence electrons. The van der Waals surface area contributed by atoms with Crippen LogP contribution in [0.25, 0.3) is 5.65 Å². The third-order valence-electron chi connectivity index (χ3n) is 7.77. The number of aryl methyl sites for hydroxylation is 1. The number of aromatic nitrogens is 5. The summed E-state index contributed by atoms with van der Waals surface area (Å²) >= 11 is 0. The Labute approximate surface area is 239 Å². The lowest BCUT2D eigenvalue weighted by atomic mass is 9.86. The van der Waals surface area contributed by atoms with Crippen LogP contribution in [0.1, 0.15) is 66.1 Å². The zero-order valence-corrected chi connectivity index (χ0v) is 23.1. The van der Waals surface area contributed by atoms with Crippen LogP contribution < -0.4 is 10.6 Å². The zero-order valence-electron chi connectivity index (χ0n) is 23.1. The summed E-state index contributed by atoms with van der Waals surface area (Å²) in [7, 11) is 0. The number of fused-ring (bicyclic) bond motifs is 1. The number of amides is 2. The molecule has 4 atom stereocenters. The van der Waals surface area contributed by atoms with Crippen molar-refractivity contribution in [2.24, 2.45) is 11.8 Å². The molecular formula is C29H31F4N7O2. The molecule has 1 aliphatic heterocycles. The van der Waals surface area contributed by atoms with Crippen molar-refractivity contribution in [1.29, 1.82) is 0 Å². The summed E-state index contributed by atoms with van der Waals surface area (Å²) in [5.41, 5.74) is 2.58. The number of carbonyl (C=O) groups excluding carboxylic acids is 2. The lowest BCUT2D eigenvalue weighted by molar-refractivity contribution is -0.183. The van der Waals surface area contributed by atoms with E-state index in [-0.39, 0.29) is 30.5 Å². The molecule has 4 aromatic rings. The normalized spacial score (nSPS) is 19.0. The number of alkyl halides is 3. The van der Waals surface area contributed by atoms with Crippen molar-refractivity contribution in [2.75, 3.05) is 6.54 Å². The maximum Gasteiger partial charge on any atom is 0.393 e. The number of benzene rings is 1. The van der Waals surface area contributed by atoms with Gasteiger partial charge in [-0.25, -0.2) is 13.9 Å². The van der Waals surface area contributed by atoms with Crippen LogP contribution in [0.15, 0.2) is 54.9 Å². The molecule has 2 amide bonds. The Morgan fingerprint density at radius 2 is 1.90 bits per heavy atom. The number of halogens is 4. The zero-order chi connectivity index (χ0) is 30.0. The number of piperidine rings is 1. The van der Waals surface area contributed by atoms with Gasteiger partial charge in [0, 0.05) is 37.5 Å². The summed E-state index contributed by atoms with van der Waals surface area (Å²) in [6.07, 6.45) is -0.861. The van der Waals surface area contributed by atoms with Crippen LogP contribution >= 0.6 is 0 Å². The Hall–Kier alpha value is -4.29. The van der Waals surface area contributed by atoms with Crippen LogP contribution in [0, 0.1) is 17.7 Å². The maximum atomic E-state index is 13.7. The van der Waals surface area contributed by atoms with Crippen molar-refractivity contribution in [3.05, 3.63) is 83.3 Å². The predicted octanol–water partition coefficient (Wildman–Crippen LogP) is 4.61. The Bertz CT molecular complexity index is 1560. The number of nitrogens with one attached hydrogen (secondary N) is 2. The van der Waals surface area contributed by atoms with E-state index in [9.17, 15) is 27.2 Å². The number of rotatable bonds is 9. The average Bonchev–Trinajstić information content (AvgIpc) is 3.61. The molecule has 0 saturated carbocycles. The van der Waals surface area contributed by atoms with Crippen LogP contribution in [0.2, 0.25) is 0 Å². The molecular weight excluding hydrogens is 554 g/mol. The van der Waals surface area contributed by atoms with Gasteiger partial charge in [-0.2, -0.15) is 23.4 Å². The fourth-order valence-electron chi connectivity index (χ4n) is 5.53. The fraction of sp³-hybridized carbons (Fsp3) is 0.414. The number of nitrogens with zero attached hydrogens (tertiary/aromatic N) is 5. The first-order chi connectivity index (χ1) is 20.1. The van der Waals surface area contributed by atoms with E-state index in [0.29, 0.717) is 35.7 Å². The summed E-state index contributed by atoms with van der Waals surface area (Å²) < 4.78 is 56.7. The average molecular weight is 586 g/mol. The molecule has 0 bridgehead atoms. The van der Waals surface area contributed by atoms with Gasteiger partial charge in [0.25, 0.3) is 5.91 Å². The van der Waals surface area contributed by atoms with Crippen LogP contribution in [0.3, 0.4) is 0 Å². The molecule has 2 N–H and O–H groups in total. The summed E-state index contributed by atoms with van der Waals surface area (Å²) in [5, 5.41) is 14.2. The molecule has 0 aliphatic carbocycles. The Morgan fingerprint density at radius 3 is 2.60 bits per heavy atom. The van der Waals surface area contributed by atoms with Gasteiger partial charge in [0.05, 0.1) is 29.5 Å². The topological polar surface area (TPSA) is 106 Å². The van der Waals surface area contributed by atoms with E-state index in [1.807, 2.05) is 13.8 Å². The monoisotopic (exact) mass is 585 g/mol. The largest absolute Gasteiger partial charge is 0.393 e. The summed E-state index contributed by atoms with van der Waals surface area (Å²) in [6, 6.07) is 10.4. The smallest absolute Gasteiger partial charge is 0.355 e. The number of hydrogen-bond acceptors (Lipinski definition) is 5. The molecule has 1 aliphatic rings. The first-order valence-corrected chi connectivity index (χ1v) is 13.8. The maximum absolute atomic E-state index is 13.7. The molecule has 13 heteroatoms. The van der Waals surface area contributed by atoms with E-state index in [0.717, 1.165) is 5.56 Å². The van der Waals surface area contributed by atoms with Crippen molar-refractivity contribution in [1.82, 2.24) is 35.0 Å². The first kappa shape index (κ1) is 29.2. The van der Waals surface area contributed by atoms with Gasteiger partial charge >= 0.3 is 6.18 Å². The van der Waals surface area contributed by atoms with E-state index in [1.165, 1.54) is 16.6 Å². The number of imidazole rings is 1. The number of carbonyl (C=O) groups is 2. The predicted molar refractivity (Wildman–Crippen MR) is 145 cm³/mol. The Balaban J connectivity index is 1.46. The van der Waals surface area contributed by atoms with Crippen LogP contribution in [0.5, 0.6) is 0 Å². The first-order valence-electron chi connectivity index (χ1n) is 13.8. The van der Waals surface area contributed by atoms with E-state index < -0.39 is 36.5 Å². The van der Waals surface area contributed by atoms with Gasteiger partial charge in [0.15, 0.2) is 5.65 Å². The molecule has 42 heavy (non-hydrogen) atoms. The molecule has 1 aromatic carbocycles. The molecule has 0 unspecified atom stereocenters. The van der Waals surface area contributed by atoms with Gasteiger partial charge in [-0.15, -0.1) is 0 Å². The molecule has 3 aromatic heterocycles. The van der Waals surface area contributed by atoms with Crippen molar-refractivity contribution >= 4 is 17.5 Å². The highest BCUT2D eigenvalue weighted by atomic mass is 19.4. The third-order valence-corrected chi connectivity index (χ3v) is 7.77. The lowest BCUT2D eigenvalue weighted by Gasteiger charge is -2.30. The highest BCUT2D eigenvalue weighted by molar-refractivity contribution is 5.92. The van der Waals surface area contributed by atoms with Gasteiger partial charge in [0.2, 0.25) is 5.91 Å². The van der Waals surface area contributed by atoms with Crippen molar-refractivity contribution in [3.63, 3.8) is 0 Å².